The van der Waals surface area contributed by atoms with E-state index in [1.165, 1.54) is 0 Å². The molecule has 4 aromatic heterocycles. The smallest absolute Gasteiger partial charge is 0.155 e. The maximum Gasteiger partial charge on any atom is 0.155 e. The van der Waals surface area contributed by atoms with Crippen molar-refractivity contribution in [1.82, 2.24) is 29.9 Å². The van der Waals surface area contributed by atoms with E-state index in [9.17, 15) is 0 Å². The highest BCUT2D eigenvalue weighted by Gasteiger charge is 2.27. The lowest BCUT2D eigenvalue weighted by atomic mass is 9.98. The Morgan fingerprint density at radius 3 is 2.93 bits per heavy atom. The van der Waals surface area contributed by atoms with Gasteiger partial charge in [0.1, 0.15) is 5.69 Å². The molecule has 136 valence electrons. The Balaban J connectivity index is 1.82. The van der Waals surface area contributed by atoms with Crippen molar-refractivity contribution in [3.8, 4) is 22.5 Å². The zero-order valence-electron chi connectivity index (χ0n) is 15.5. The van der Waals surface area contributed by atoms with Gasteiger partial charge < -0.3 is 4.74 Å². The summed E-state index contributed by atoms with van der Waals surface area (Å²) in [4.78, 5) is 9.18. The van der Waals surface area contributed by atoms with Crippen molar-refractivity contribution in [3.63, 3.8) is 0 Å². The SMILES string of the molecule is Cc1ccc(-c2nn3c(c2-c2cc(C)nc4[nH]ncc24)CO[C@@H](C)C3)nc1. The third-order valence-electron chi connectivity index (χ3n) is 4.97. The van der Waals surface area contributed by atoms with Gasteiger partial charge in [0.15, 0.2) is 5.65 Å². The monoisotopic (exact) mass is 360 g/mol. The lowest BCUT2D eigenvalue weighted by molar-refractivity contribution is 0.0128. The first-order valence-corrected chi connectivity index (χ1v) is 9.05. The van der Waals surface area contributed by atoms with Crippen LogP contribution in [0.3, 0.4) is 0 Å². The average Bonchev–Trinajstić information content (AvgIpc) is 3.25. The highest BCUT2D eigenvalue weighted by atomic mass is 16.5. The molecule has 5 rings (SSSR count). The molecule has 7 nitrogen and oxygen atoms in total. The molecule has 0 spiro atoms. The molecule has 0 saturated carbocycles. The molecular formula is C20H20N6O. The summed E-state index contributed by atoms with van der Waals surface area (Å²) in [5.74, 6) is 0. The predicted molar refractivity (Wildman–Crippen MR) is 102 cm³/mol. The highest BCUT2D eigenvalue weighted by Crippen LogP contribution is 2.39. The van der Waals surface area contributed by atoms with Crippen LogP contribution >= 0.6 is 0 Å². The summed E-state index contributed by atoms with van der Waals surface area (Å²) in [5.41, 5.74) is 7.73. The van der Waals surface area contributed by atoms with Crippen LogP contribution < -0.4 is 0 Å². The number of H-pyrrole nitrogens is 1. The van der Waals surface area contributed by atoms with E-state index in [1.807, 2.05) is 32.3 Å². The molecule has 1 aliphatic rings. The normalized spacial score (nSPS) is 16.6. The molecule has 0 aromatic carbocycles. The molecule has 5 heterocycles. The van der Waals surface area contributed by atoms with Crippen molar-refractivity contribution in [2.45, 2.75) is 40.0 Å². The van der Waals surface area contributed by atoms with Gasteiger partial charge in [0.2, 0.25) is 0 Å². The number of nitrogens with zero attached hydrogens (tertiary/aromatic N) is 5. The number of aryl methyl sites for hydroxylation is 2. The molecule has 0 bridgehead atoms. The fraction of sp³-hybridized carbons (Fsp3) is 0.300. The summed E-state index contributed by atoms with van der Waals surface area (Å²) in [5, 5.41) is 13.1. The van der Waals surface area contributed by atoms with Crippen molar-refractivity contribution in [2.75, 3.05) is 0 Å². The standard InChI is InChI=1S/C20H20N6O/c1-11-4-5-16(21-7-11)19-18(17-10-27-13(3)9-26(17)25-19)14-6-12(2)23-20-15(14)8-22-24-20/h4-8,13H,9-10H2,1-3H3,(H,22,23,24)/t13-/m0/s1. The average molecular weight is 360 g/mol. The number of ether oxygens (including phenoxy) is 1. The Labute approximate surface area is 156 Å². The van der Waals surface area contributed by atoms with E-state index < -0.39 is 0 Å². The zero-order chi connectivity index (χ0) is 18.5. The summed E-state index contributed by atoms with van der Waals surface area (Å²) in [6.07, 6.45) is 3.83. The minimum atomic E-state index is 0.136. The third kappa shape index (κ3) is 2.62. The number of aromatic amines is 1. The predicted octanol–water partition coefficient (Wildman–Crippen LogP) is 3.42. The van der Waals surface area contributed by atoms with E-state index >= 15 is 0 Å². The minimum Gasteiger partial charge on any atom is -0.370 e. The van der Waals surface area contributed by atoms with Crippen LogP contribution in [0.1, 0.15) is 23.9 Å². The van der Waals surface area contributed by atoms with Gasteiger partial charge in [-0.2, -0.15) is 10.2 Å². The topological polar surface area (TPSA) is 81.5 Å². The second-order valence-electron chi connectivity index (χ2n) is 7.14. The van der Waals surface area contributed by atoms with Crippen LogP contribution in [0.5, 0.6) is 0 Å². The number of nitrogens with one attached hydrogen (secondary N) is 1. The van der Waals surface area contributed by atoms with Gasteiger partial charge in [-0.05, 0) is 38.5 Å². The Morgan fingerprint density at radius 1 is 1.22 bits per heavy atom. The number of hydrogen-bond acceptors (Lipinski definition) is 5. The molecule has 0 saturated heterocycles. The van der Waals surface area contributed by atoms with Gasteiger partial charge in [-0.15, -0.1) is 0 Å². The van der Waals surface area contributed by atoms with E-state index in [1.54, 1.807) is 0 Å². The van der Waals surface area contributed by atoms with Crippen LogP contribution in [0.4, 0.5) is 0 Å². The van der Waals surface area contributed by atoms with Gasteiger partial charge in [0.25, 0.3) is 0 Å². The van der Waals surface area contributed by atoms with E-state index in [-0.39, 0.29) is 6.10 Å². The van der Waals surface area contributed by atoms with Crippen LogP contribution in [-0.4, -0.2) is 36.0 Å². The molecule has 0 fully saturated rings. The third-order valence-corrected chi connectivity index (χ3v) is 4.97. The number of pyridine rings is 2. The molecule has 0 unspecified atom stereocenters. The Kier molecular flexibility index (Phi) is 3.58. The first kappa shape index (κ1) is 16.1. The second-order valence-corrected chi connectivity index (χ2v) is 7.14. The van der Waals surface area contributed by atoms with Gasteiger partial charge in [-0.25, -0.2) is 4.98 Å². The number of fused-ring (bicyclic) bond motifs is 2. The van der Waals surface area contributed by atoms with Gasteiger partial charge in [0, 0.05) is 28.4 Å². The Hall–Kier alpha value is -3.06. The molecular weight excluding hydrogens is 340 g/mol. The molecule has 4 aromatic rings. The van der Waals surface area contributed by atoms with Crippen LogP contribution in [0.15, 0.2) is 30.6 Å². The molecule has 0 aliphatic carbocycles. The first-order valence-electron chi connectivity index (χ1n) is 9.05. The lowest BCUT2D eigenvalue weighted by Crippen LogP contribution is -2.25. The van der Waals surface area contributed by atoms with Gasteiger partial charge >= 0.3 is 0 Å². The summed E-state index contributed by atoms with van der Waals surface area (Å²) in [6.45, 7) is 7.34. The minimum absolute atomic E-state index is 0.136. The Morgan fingerprint density at radius 2 is 2.11 bits per heavy atom. The zero-order valence-corrected chi connectivity index (χ0v) is 15.5. The maximum atomic E-state index is 5.94. The highest BCUT2D eigenvalue weighted by molar-refractivity contribution is 5.97. The number of aromatic nitrogens is 6. The van der Waals surface area contributed by atoms with Crippen LogP contribution in [-0.2, 0) is 17.9 Å². The summed E-state index contributed by atoms with van der Waals surface area (Å²) in [6, 6.07) is 6.18. The van der Waals surface area contributed by atoms with Crippen molar-refractivity contribution >= 4 is 11.0 Å². The van der Waals surface area contributed by atoms with Gasteiger partial charge in [-0.1, -0.05) is 6.07 Å². The Bertz CT molecular complexity index is 1140. The summed E-state index contributed by atoms with van der Waals surface area (Å²) >= 11 is 0. The van der Waals surface area contributed by atoms with Crippen molar-refractivity contribution in [2.24, 2.45) is 0 Å². The first-order chi connectivity index (χ1) is 13.1. The molecule has 7 heteroatoms. The van der Waals surface area contributed by atoms with Crippen molar-refractivity contribution < 1.29 is 4.74 Å². The lowest BCUT2D eigenvalue weighted by Gasteiger charge is -2.21. The van der Waals surface area contributed by atoms with Crippen LogP contribution in [0.2, 0.25) is 0 Å². The fourth-order valence-corrected chi connectivity index (χ4v) is 3.65. The maximum absolute atomic E-state index is 5.94. The second kappa shape index (κ2) is 5.99. The molecule has 1 aliphatic heterocycles. The van der Waals surface area contributed by atoms with Gasteiger partial charge in [0.05, 0.1) is 36.8 Å². The molecule has 27 heavy (non-hydrogen) atoms. The number of rotatable bonds is 2. The van der Waals surface area contributed by atoms with Crippen molar-refractivity contribution in [1.29, 1.82) is 0 Å². The van der Waals surface area contributed by atoms with Crippen molar-refractivity contribution in [3.05, 3.63) is 47.5 Å². The molecule has 1 N–H and O–H groups in total. The summed E-state index contributed by atoms with van der Waals surface area (Å²) < 4.78 is 8.00. The van der Waals surface area contributed by atoms with E-state index in [4.69, 9.17) is 9.84 Å². The van der Waals surface area contributed by atoms with E-state index in [0.29, 0.717) is 6.61 Å². The summed E-state index contributed by atoms with van der Waals surface area (Å²) in [7, 11) is 0. The molecule has 0 radical (unpaired) electrons. The van der Waals surface area contributed by atoms with Crippen LogP contribution in [0.25, 0.3) is 33.5 Å². The molecule has 0 amide bonds. The quantitative estimate of drug-likeness (QED) is 0.592. The van der Waals surface area contributed by atoms with E-state index in [0.717, 1.165) is 57.0 Å². The number of hydrogen-bond donors (Lipinski definition) is 1. The van der Waals surface area contributed by atoms with Crippen LogP contribution in [0, 0.1) is 13.8 Å². The van der Waals surface area contributed by atoms with E-state index in [2.05, 4.69) is 43.9 Å². The molecule has 1 atom stereocenters. The van der Waals surface area contributed by atoms with Gasteiger partial charge in [-0.3, -0.25) is 14.8 Å². The fourth-order valence-electron chi connectivity index (χ4n) is 3.65. The largest absolute Gasteiger partial charge is 0.370 e.